The molecule has 8 heteroatoms. The molecule has 0 saturated carbocycles. The first-order valence-corrected chi connectivity index (χ1v) is 3.16. The number of nitrogens with one attached hydrogen (secondary N) is 1. The van der Waals surface area contributed by atoms with E-state index >= 15 is 0 Å². The first-order valence-electron chi connectivity index (χ1n) is 3.16. The van der Waals surface area contributed by atoms with E-state index in [-0.39, 0.29) is 12.1 Å². The summed E-state index contributed by atoms with van der Waals surface area (Å²) in [4.78, 5) is 2.35. The molecule has 0 atom stereocenters. The van der Waals surface area contributed by atoms with Crippen molar-refractivity contribution in [1.29, 1.82) is 0 Å². The lowest BCUT2D eigenvalue weighted by molar-refractivity contribution is -0.141. The SMILES string of the molecule is [N-]=[N+]=NCc1cn[nH]c1C(F)(F)F. The highest BCUT2D eigenvalue weighted by Gasteiger charge is 2.35. The molecule has 0 aliphatic carbocycles. The molecule has 70 valence electrons. The lowest BCUT2D eigenvalue weighted by atomic mass is 10.2. The molecule has 0 aliphatic rings. The summed E-state index contributed by atoms with van der Waals surface area (Å²) in [5.41, 5.74) is 6.77. The van der Waals surface area contributed by atoms with Crippen LogP contribution in [0.4, 0.5) is 13.2 Å². The summed E-state index contributed by atoms with van der Waals surface area (Å²) in [6.07, 6.45) is -3.51. The number of aromatic nitrogens is 2. The number of alkyl halides is 3. The minimum absolute atomic E-state index is 0.162. The Morgan fingerprint density at radius 2 is 2.31 bits per heavy atom. The highest BCUT2D eigenvalue weighted by molar-refractivity contribution is 5.18. The van der Waals surface area contributed by atoms with Crippen LogP contribution in [0.3, 0.4) is 0 Å². The van der Waals surface area contributed by atoms with Gasteiger partial charge >= 0.3 is 6.18 Å². The third kappa shape index (κ3) is 2.12. The number of aromatic amines is 1. The average molecular weight is 191 g/mol. The van der Waals surface area contributed by atoms with Crippen molar-refractivity contribution in [2.75, 3.05) is 0 Å². The van der Waals surface area contributed by atoms with Crippen LogP contribution in [0.5, 0.6) is 0 Å². The van der Waals surface area contributed by atoms with Crippen LogP contribution in [0.1, 0.15) is 11.3 Å². The standard InChI is InChI=1S/C5H4F3N5/c6-5(7,8)4-3(1-10-12-4)2-11-13-9/h1H,2H2,(H,10,12). The molecule has 0 aromatic carbocycles. The van der Waals surface area contributed by atoms with Crippen molar-refractivity contribution in [2.45, 2.75) is 12.7 Å². The van der Waals surface area contributed by atoms with E-state index in [1.807, 2.05) is 0 Å². The summed E-state index contributed by atoms with van der Waals surface area (Å²) in [6, 6.07) is 0. The van der Waals surface area contributed by atoms with Gasteiger partial charge in [0.15, 0.2) is 0 Å². The average Bonchev–Trinajstić information content (AvgIpc) is 2.47. The molecule has 0 spiro atoms. The summed E-state index contributed by atoms with van der Waals surface area (Å²) >= 11 is 0. The van der Waals surface area contributed by atoms with E-state index in [2.05, 4.69) is 15.1 Å². The van der Waals surface area contributed by atoms with Gasteiger partial charge in [-0.05, 0) is 5.53 Å². The van der Waals surface area contributed by atoms with Crippen molar-refractivity contribution in [3.05, 3.63) is 27.9 Å². The predicted molar refractivity (Wildman–Crippen MR) is 36.4 cm³/mol. The van der Waals surface area contributed by atoms with Gasteiger partial charge in [-0.1, -0.05) is 5.11 Å². The second-order valence-electron chi connectivity index (χ2n) is 2.16. The summed E-state index contributed by atoms with van der Waals surface area (Å²) in [6.45, 7) is -0.359. The molecule has 1 aromatic heterocycles. The van der Waals surface area contributed by atoms with Gasteiger partial charge in [0.05, 0.1) is 12.7 Å². The number of nitrogens with zero attached hydrogens (tertiary/aromatic N) is 4. The van der Waals surface area contributed by atoms with Gasteiger partial charge in [-0.15, -0.1) is 0 Å². The summed E-state index contributed by atoms with van der Waals surface area (Å²) in [5, 5.41) is 8.02. The fourth-order valence-corrected chi connectivity index (χ4v) is 0.784. The van der Waals surface area contributed by atoms with Crippen LogP contribution >= 0.6 is 0 Å². The predicted octanol–water partition coefficient (Wildman–Crippen LogP) is 2.24. The Morgan fingerprint density at radius 3 is 2.85 bits per heavy atom. The number of hydrogen-bond donors (Lipinski definition) is 1. The quantitative estimate of drug-likeness (QED) is 0.434. The molecular formula is C5H4F3N5. The van der Waals surface area contributed by atoms with Crippen LogP contribution in [0, 0.1) is 0 Å². The number of rotatable bonds is 2. The fraction of sp³-hybridized carbons (Fsp3) is 0.400. The maximum atomic E-state index is 12.1. The Hall–Kier alpha value is -1.69. The summed E-state index contributed by atoms with van der Waals surface area (Å²) in [7, 11) is 0. The Bertz CT molecular complexity index is 334. The Balaban J connectivity index is 2.96. The Kier molecular flexibility index (Phi) is 2.43. The van der Waals surface area contributed by atoms with Crippen LogP contribution in [0.2, 0.25) is 0 Å². The minimum atomic E-state index is -4.49. The number of hydrogen-bond acceptors (Lipinski definition) is 2. The molecule has 0 fully saturated rings. The van der Waals surface area contributed by atoms with Gasteiger partial charge in [0.25, 0.3) is 0 Å². The van der Waals surface area contributed by atoms with E-state index in [1.165, 1.54) is 0 Å². The zero-order chi connectivity index (χ0) is 9.90. The molecular weight excluding hydrogens is 187 g/mol. The maximum absolute atomic E-state index is 12.1. The van der Waals surface area contributed by atoms with E-state index in [0.717, 1.165) is 6.20 Å². The molecule has 13 heavy (non-hydrogen) atoms. The van der Waals surface area contributed by atoms with Gasteiger partial charge in [0, 0.05) is 10.5 Å². The molecule has 0 bridgehead atoms. The van der Waals surface area contributed by atoms with Gasteiger partial charge in [-0.2, -0.15) is 18.3 Å². The molecule has 1 aromatic rings. The Morgan fingerprint density at radius 1 is 1.62 bits per heavy atom. The smallest absolute Gasteiger partial charge is 0.273 e. The van der Waals surface area contributed by atoms with Crippen molar-refractivity contribution in [1.82, 2.24) is 10.2 Å². The van der Waals surface area contributed by atoms with Gasteiger partial charge in [-0.3, -0.25) is 5.10 Å². The number of halogens is 3. The van der Waals surface area contributed by atoms with E-state index in [9.17, 15) is 13.2 Å². The zero-order valence-electron chi connectivity index (χ0n) is 6.21. The van der Waals surface area contributed by atoms with Crippen LogP contribution in [0.15, 0.2) is 11.3 Å². The second-order valence-corrected chi connectivity index (χ2v) is 2.16. The van der Waals surface area contributed by atoms with E-state index in [4.69, 9.17) is 5.53 Å². The van der Waals surface area contributed by atoms with Gasteiger partial charge in [0.2, 0.25) is 0 Å². The number of azide groups is 1. The lowest BCUT2D eigenvalue weighted by Crippen LogP contribution is -2.08. The van der Waals surface area contributed by atoms with Crippen LogP contribution in [-0.2, 0) is 12.7 Å². The van der Waals surface area contributed by atoms with Crippen molar-refractivity contribution in [3.8, 4) is 0 Å². The first kappa shape index (κ1) is 9.40. The van der Waals surface area contributed by atoms with Crippen molar-refractivity contribution in [3.63, 3.8) is 0 Å². The molecule has 1 heterocycles. The van der Waals surface area contributed by atoms with E-state index < -0.39 is 11.9 Å². The van der Waals surface area contributed by atoms with Gasteiger partial charge in [-0.25, -0.2) is 0 Å². The Labute approximate surface area is 70.2 Å². The highest BCUT2D eigenvalue weighted by Crippen LogP contribution is 2.30. The van der Waals surface area contributed by atoms with Crippen LogP contribution < -0.4 is 0 Å². The van der Waals surface area contributed by atoms with Gasteiger partial charge < -0.3 is 0 Å². The molecule has 0 aliphatic heterocycles. The normalized spacial score (nSPS) is 11.0. The van der Waals surface area contributed by atoms with Crippen molar-refractivity contribution < 1.29 is 13.2 Å². The highest BCUT2D eigenvalue weighted by atomic mass is 19.4. The summed E-state index contributed by atoms with van der Waals surface area (Å²) < 4.78 is 36.3. The van der Waals surface area contributed by atoms with E-state index in [1.54, 1.807) is 5.10 Å². The molecule has 1 N–H and O–H groups in total. The minimum Gasteiger partial charge on any atom is -0.273 e. The molecule has 0 unspecified atom stereocenters. The van der Waals surface area contributed by atoms with Gasteiger partial charge in [0.1, 0.15) is 5.69 Å². The molecule has 5 nitrogen and oxygen atoms in total. The maximum Gasteiger partial charge on any atom is 0.433 e. The van der Waals surface area contributed by atoms with E-state index in [0.29, 0.717) is 0 Å². The fourth-order valence-electron chi connectivity index (χ4n) is 0.784. The largest absolute Gasteiger partial charge is 0.433 e. The monoisotopic (exact) mass is 191 g/mol. The summed E-state index contributed by atoms with van der Waals surface area (Å²) in [5.74, 6) is 0. The van der Waals surface area contributed by atoms with Crippen molar-refractivity contribution in [2.24, 2.45) is 5.11 Å². The third-order valence-corrected chi connectivity index (χ3v) is 1.31. The van der Waals surface area contributed by atoms with Crippen LogP contribution in [0.25, 0.3) is 10.4 Å². The van der Waals surface area contributed by atoms with Crippen LogP contribution in [-0.4, -0.2) is 10.2 Å². The third-order valence-electron chi connectivity index (χ3n) is 1.31. The molecule has 1 rings (SSSR count). The molecule has 0 amide bonds. The first-order chi connectivity index (χ1) is 6.05. The second kappa shape index (κ2) is 3.36. The van der Waals surface area contributed by atoms with Crippen molar-refractivity contribution >= 4 is 0 Å². The zero-order valence-corrected chi connectivity index (χ0v) is 6.21. The molecule has 0 saturated heterocycles. The number of H-pyrrole nitrogens is 1. The lowest BCUT2D eigenvalue weighted by Gasteiger charge is -2.04. The topological polar surface area (TPSA) is 77.4 Å². The molecule has 0 radical (unpaired) electrons.